The van der Waals surface area contributed by atoms with Crippen LogP contribution in [0.5, 0.6) is 5.75 Å². The summed E-state index contributed by atoms with van der Waals surface area (Å²) in [4.78, 5) is 0. The number of rotatable bonds is 3. The van der Waals surface area contributed by atoms with Gasteiger partial charge in [0.05, 0.1) is 19.0 Å². The van der Waals surface area contributed by atoms with E-state index in [1.807, 2.05) is 25.1 Å². The minimum Gasteiger partial charge on any atom is -0.491 e. The summed E-state index contributed by atoms with van der Waals surface area (Å²) in [5.41, 5.74) is 2.10. The summed E-state index contributed by atoms with van der Waals surface area (Å²) < 4.78 is 5.64. The van der Waals surface area contributed by atoms with Crippen LogP contribution in [0, 0.1) is 0 Å². The van der Waals surface area contributed by atoms with Crippen LogP contribution in [0.15, 0.2) is 54.9 Å². The van der Waals surface area contributed by atoms with Crippen LogP contribution in [0.4, 0.5) is 0 Å². The molecule has 0 atom stereocenters. The van der Waals surface area contributed by atoms with E-state index >= 15 is 0 Å². The number of hydrogen-bond acceptors (Lipinski definition) is 3. The van der Waals surface area contributed by atoms with E-state index in [0.717, 1.165) is 16.9 Å². The van der Waals surface area contributed by atoms with Gasteiger partial charge in [-0.1, -0.05) is 42.5 Å². The lowest BCUT2D eigenvalue weighted by molar-refractivity contribution is 0.339. The van der Waals surface area contributed by atoms with Gasteiger partial charge < -0.3 is 4.74 Å². The smallest absolute Gasteiger partial charge is 0.148 e. The van der Waals surface area contributed by atoms with E-state index in [1.165, 1.54) is 10.8 Å². The van der Waals surface area contributed by atoms with Gasteiger partial charge in [-0.25, -0.2) is 0 Å². The molecule has 0 bridgehead atoms. The molecule has 3 heteroatoms. The molecular weight excluding hydrogens is 236 g/mol. The van der Waals surface area contributed by atoms with E-state index in [9.17, 15) is 0 Å². The lowest BCUT2D eigenvalue weighted by Gasteiger charge is -2.11. The number of nitrogens with zero attached hydrogens (tertiary/aromatic N) is 2. The summed E-state index contributed by atoms with van der Waals surface area (Å²) in [5, 5.41) is 10.3. The van der Waals surface area contributed by atoms with E-state index in [2.05, 4.69) is 34.5 Å². The first-order chi connectivity index (χ1) is 9.40. The van der Waals surface area contributed by atoms with Crippen molar-refractivity contribution in [3.05, 3.63) is 54.9 Å². The third-order valence-electron chi connectivity index (χ3n) is 3.07. The van der Waals surface area contributed by atoms with Crippen molar-refractivity contribution < 1.29 is 4.74 Å². The maximum atomic E-state index is 5.64. The molecule has 0 amide bonds. The zero-order valence-electron chi connectivity index (χ0n) is 10.7. The standard InChI is InChI=1S/C16H14N2O/c1-2-19-16-11-18-17-10-15(16)14-9-5-7-12-6-3-4-8-13(12)14/h3-11H,2H2,1H3. The Kier molecular flexibility index (Phi) is 3.11. The molecule has 0 aliphatic heterocycles. The summed E-state index contributed by atoms with van der Waals surface area (Å²) in [6, 6.07) is 14.5. The molecule has 0 fully saturated rings. The zero-order valence-corrected chi connectivity index (χ0v) is 10.7. The molecule has 0 aliphatic rings. The van der Waals surface area contributed by atoms with E-state index in [1.54, 1.807) is 12.4 Å². The highest BCUT2D eigenvalue weighted by Crippen LogP contribution is 2.33. The van der Waals surface area contributed by atoms with Crippen LogP contribution in [0.3, 0.4) is 0 Å². The fraction of sp³-hybridized carbons (Fsp3) is 0.125. The minimum absolute atomic E-state index is 0.615. The zero-order chi connectivity index (χ0) is 13.1. The van der Waals surface area contributed by atoms with Crippen LogP contribution in [0.25, 0.3) is 21.9 Å². The summed E-state index contributed by atoms with van der Waals surface area (Å²) >= 11 is 0. The Morgan fingerprint density at radius 3 is 2.58 bits per heavy atom. The predicted octanol–water partition coefficient (Wildman–Crippen LogP) is 3.70. The summed E-state index contributed by atoms with van der Waals surface area (Å²) in [6.45, 7) is 2.58. The highest BCUT2D eigenvalue weighted by Gasteiger charge is 2.09. The van der Waals surface area contributed by atoms with E-state index in [4.69, 9.17) is 4.74 Å². The molecular formula is C16H14N2O. The first-order valence-electron chi connectivity index (χ1n) is 6.32. The maximum Gasteiger partial charge on any atom is 0.148 e. The molecule has 3 aromatic rings. The maximum absolute atomic E-state index is 5.64. The minimum atomic E-state index is 0.615. The number of benzene rings is 2. The van der Waals surface area contributed by atoms with Gasteiger partial charge in [0.15, 0.2) is 0 Å². The number of fused-ring (bicyclic) bond motifs is 1. The van der Waals surface area contributed by atoms with Crippen molar-refractivity contribution in [2.75, 3.05) is 6.61 Å². The Bertz CT molecular complexity index is 704. The Hall–Kier alpha value is -2.42. The molecule has 0 unspecified atom stereocenters. The van der Waals surface area contributed by atoms with Crippen LogP contribution in [0.1, 0.15) is 6.92 Å². The third-order valence-corrected chi connectivity index (χ3v) is 3.07. The molecule has 94 valence electrons. The monoisotopic (exact) mass is 250 g/mol. The summed E-state index contributed by atoms with van der Waals surface area (Å²) in [5.74, 6) is 0.772. The Morgan fingerprint density at radius 1 is 0.895 bits per heavy atom. The van der Waals surface area contributed by atoms with E-state index < -0.39 is 0 Å². The van der Waals surface area contributed by atoms with E-state index in [0.29, 0.717) is 6.61 Å². The van der Waals surface area contributed by atoms with Crippen molar-refractivity contribution in [1.29, 1.82) is 0 Å². The van der Waals surface area contributed by atoms with Crippen LogP contribution in [0.2, 0.25) is 0 Å². The predicted molar refractivity (Wildman–Crippen MR) is 76.1 cm³/mol. The van der Waals surface area contributed by atoms with Crippen LogP contribution >= 0.6 is 0 Å². The average Bonchev–Trinajstić information content (AvgIpc) is 2.48. The van der Waals surface area contributed by atoms with Gasteiger partial charge in [0.1, 0.15) is 5.75 Å². The van der Waals surface area contributed by atoms with Crippen LogP contribution < -0.4 is 4.74 Å². The molecule has 1 aromatic heterocycles. The molecule has 0 saturated carbocycles. The fourth-order valence-electron chi connectivity index (χ4n) is 2.24. The summed E-state index contributed by atoms with van der Waals surface area (Å²) in [7, 11) is 0. The molecule has 2 aromatic carbocycles. The second-order valence-electron chi connectivity index (χ2n) is 4.23. The molecule has 3 rings (SSSR count). The molecule has 0 spiro atoms. The van der Waals surface area contributed by atoms with Gasteiger partial charge >= 0.3 is 0 Å². The van der Waals surface area contributed by atoms with Gasteiger partial charge in [0, 0.05) is 5.56 Å². The molecule has 0 N–H and O–H groups in total. The molecule has 19 heavy (non-hydrogen) atoms. The molecule has 0 radical (unpaired) electrons. The molecule has 1 heterocycles. The number of aromatic nitrogens is 2. The topological polar surface area (TPSA) is 35.0 Å². The fourth-order valence-corrected chi connectivity index (χ4v) is 2.24. The second-order valence-corrected chi connectivity index (χ2v) is 4.23. The Morgan fingerprint density at radius 2 is 1.68 bits per heavy atom. The average molecular weight is 250 g/mol. The van der Waals surface area contributed by atoms with Crippen LogP contribution in [-0.4, -0.2) is 16.8 Å². The number of hydrogen-bond donors (Lipinski definition) is 0. The molecule has 3 nitrogen and oxygen atoms in total. The normalized spacial score (nSPS) is 10.6. The van der Waals surface area contributed by atoms with Crippen molar-refractivity contribution in [2.24, 2.45) is 0 Å². The van der Waals surface area contributed by atoms with Gasteiger partial charge in [0.2, 0.25) is 0 Å². The van der Waals surface area contributed by atoms with Crippen LogP contribution in [-0.2, 0) is 0 Å². The molecule has 0 aliphatic carbocycles. The lowest BCUT2D eigenvalue weighted by Crippen LogP contribution is -1.96. The van der Waals surface area contributed by atoms with Gasteiger partial charge in [-0.15, -0.1) is 0 Å². The van der Waals surface area contributed by atoms with Crippen molar-refractivity contribution in [3.63, 3.8) is 0 Å². The molecule has 0 saturated heterocycles. The third kappa shape index (κ3) is 2.15. The summed E-state index contributed by atoms with van der Waals surface area (Å²) in [6.07, 6.45) is 3.42. The van der Waals surface area contributed by atoms with E-state index in [-0.39, 0.29) is 0 Å². The first-order valence-corrected chi connectivity index (χ1v) is 6.32. The van der Waals surface area contributed by atoms with Crippen molar-refractivity contribution in [1.82, 2.24) is 10.2 Å². The highest BCUT2D eigenvalue weighted by molar-refractivity contribution is 5.97. The SMILES string of the molecule is CCOc1cnncc1-c1cccc2ccccc12. The van der Waals surface area contributed by atoms with Gasteiger partial charge in [-0.2, -0.15) is 10.2 Å². The number of ether oxygens (including phenoxy) is 1. The van der Waals surface area contributed by atoms with Gasteiger partial charge in [-0.05, 0) is 23.3 Å². The first kappa shape index (κ1) is 11.7. The van der Waals surface area contributed by atoms with Gasteiger partial charge in [0.25, 0.3) is 0 Å². The second kappa shape index (κ2) is 5.06. The lowest BCUT2D eigenvalue weighted by atomic mass is 9.99. The highest BCUT2D eigenvalue weighted by atomic mass is 16.5. The van der Waals surface area contributed by atoms with Crippen molar-refractivity contribution in [3.8, 4) is 16.9 Å². The largest absolute Gasteiger partial charge is 0.491 e. The van der Waals surface area contributed by atoms with Crippen molar-refractivity contribution in [2.45, 2.75) is 6.92 Å². The van der Waals surface area contributed by atoms with Crippen molar-refractivity contribution >= 4 is 10.8 Å². The Labute approximate surface area is 111 Å². The van der Waals surface area contributed by atoms with Gasteiger partial charge in [-0.3, -0.25) is 0 Å². The quantitative estimate of drug-likeness (QED) is 0.711. The Balaban J connectivity index is 2.25.